The number of nitrogens with zero attached hydrogens (tertiary/aromatic N) is 2. The van der Waals surface area contributed by atoms with E-state index in [1.165, 1.54) is 7.11 Å². The van der Waals surface area contributed by atoms with Crippen molar-refractivity contribution in [3.63, 3.8) is 0 Å². The molecule has 0 saturated heterocycles. The van der Waals surface area contributed by atoms with Crippen molar-refractivity contribution in [2.45, 2.75) is 13.8 Å². The second-order valence-corrected chi connectivity index (χ2v) is 8.48. The average molecular weight is 458 g/mol. The summed E-state index contributed by atoms with van der Waals surface area (Å²) in [5.41, 5.74) is 7.16. The smallest absolute Gasteiger partial charge is 0.343 e. The van der Waals surface area contributed by atoms with Gasteiger partial charge < -0.3 is 9.47 Å². The summed E-state index contributed by atoms with van der Waals surface area (Å²) in [6, 6.07) is 22.6. The molecule has 33 heavy (non-hydrogen) atoms. The number of aromatic nitrogens is 1. The number of rotatable bonds is 7. The summed E-state index contributed by atoms with van der Waals surface area (Å²) in [6.45, 7) is 3.91. The van der Waals surface area contributed by atoms with Crippen LogP contribution in [-0.2, 0) is 0 Å². The number of thiazole rings is 1. The largest absolute Gasteiger partial charge is 0.493 e. The van der Waals surface area contributed by atoms with Gasteiger partial charge in [-0.1, -0.05) is 48.5 Å². The first-order valence-electron chi connectivity index (χ1n) is 10.3. The first-order valence-corrected chi connectivity index (χ1v) is 11.1. The molecule has 7 heteroatoms. The number of anilines is 1. The fourth-order valence-corrected chi connectivity index (χ4v) is 4.06. The van der Waals surface area contributed by atoms with Crippen LogP contribution in [0.25, 0.3) is 11.3 Å². The molecule has 0 aliphatic rings. The third-order valence-electron chi connectivity index (χ3n) is 4.97. The van der Waals surface area contributed by atoms with Crippen LogP contribution in [0.2, 0.25) is 0 Å². The summed E-state index contributed by atoms with van der Waals surface area (Å²) in [5, 5.41) is 5.00. The first-order chi connectivity index (χ1) is 16.0. The van der Waals surface area contributed by atoms with Crippen LogP contribution in [0.5, 0.6) is 11.5 Å². The number of methoxy groups -OCH3 is 1. The fraction of sp³-hybridized carbons (Fsp3) is 0.115. The molecule has 0 aliphatic heterocycles. The number of aryl methyl sites for hydroxylation is 2. The maximum absolute atomic E-state index is 12.5. The van der Waals surface area contributed by atoms with Gasteiger partial charge in [-0.3, -0.25) is 5.43 Å². The second-order valence-electron chi connectivity index (χ2n) is 7.27. The summed E-state index contributed by atoms with van der Waals surface area (Å²) in [7, 11) is 1.53. The Morgan fingerprint density at radius 2 is 1.76 bits per heavy atom. The van der Waals surface area contributed by atoms with Gasteiger partial charge >= 0.3 is 5.97 Å². The number of nitrogens with one attached hydrogen (secondary N) is 1. The Bertz CT molecular complexity index is 1300. The molecule has 3 aromatic carbocycles. The molecule has 1 N–H and O–H groups in total. The molecule has 6 nitrogen and oxygen atoms in total. The van der Waals surface area contributed by atoms with Crippen LogP contribution in [0, 0.1) is 13.8 Å². The number of ether oxygens (including phenoxy) is 2. The van der Waals surface area contributed by atoms with Crippen molar-refractivity contribution in [2.75, 3.05) is 12.5 Å². The predicted molar refractivity (Wildman–Crippen MR) is 133 cm³/mol. The van der Waals surface area contributed by atoms with E-state index < -0.39 is 5.97 Å². The Morgan fingerprint density at radius 3 is 2.52 bits per heavy atom. The van der Waals surface area contributed by atoms with E-state index >= 15 is 0 Å². The lowest BCUT2D eigenvalue weighted by molar-refractivity contribution is 0.0729. The highest BCUT2D eigenvalue weighted by Gasteiger charge is 2.14. The number of hydrogen-bond donors (Lipinski definition) is 1. The Morgan fingerprint density at radius 1 is 1.00 bits per heavy atom. The molecular weight excluding hydrogens is 434 g/mol. The number of carbonyl (C=O) groups is 1. The number of hydrazone groups is 1. The average Bonchev–Trinajstić information content (AvgIpc) is 3.21. The number of hydrogen-bond acceptors (Lipinski definition) is 7. The molecule has 0 radical (unpaired) electrons. The minimum atomic E-state index is -0.428. The van der Waals surface area contributed by atoms with Crippen molar-refractivity contribution in [1.29, 1.82) is 0 Å². The van der Waals surface area contributed by atoms with Gasteiger partial charge in [-0.25, -0.2) is 9.78 Å². The van der Waals surface area contributed by atoms with E-state index in [0.717, 1.165) is 27.3 Å². The van der Waals surface area contributed by atoms with E-state index in [0.29, 0.717) is 22.2 Å². The van der Waals surface area contributed by atoms with Gasteiger partial charge in [0.25, 0.3) is 0 Å². The Hall–Kier alpha value is -3.97. The monoisotopic (exact) mass is 457 g/mol. The van der Waals surface area contributed by atoms with Crippen LogP contribution in [0.1, 0.15) is 26.4 Å². The molecule has 0 spiro atoms. The number of esters is 1. The molecule has 0 saturated carbocycles. The van der Waals surface area contributed by atoms with Crippen molar-refractivity contribution >= 4 is 28.7 Å². The zero-order valence-corrected chi connectivity index (χ0v) is 19.3. The molecular formula is C26H23N3O3S. The molecule has 4 aromatic rings. The van der Waals surface area contributed by atoms with Crippen LogP contribution < -0.4 is 14.9 Å². The maximum Gasteiger partial charge on any atom is 0.343 e. The van der Waals surface area contributed by atoms with Crippen molar-refractivity contribution in [1.82, 2.24) is 4.98 Å². The highest BCUT2D eigenvalue weighted by molar-refractivity contribution is 7.15. The minimum Gasteiger partial charge on any atom is -0.493 e. The van der Waals surface area contributed by atoms with Gasteiger partial charge in [-0.2, -0.15) is 5.10 Å². The molecule has 0 aliphatic carbocycles. The van der Waals surface area contributed by atoms with Gasteiger partial charge in [0, 0.05) is 10.4 Å². The SMILES string of the molecule is COc1cc(/C=N\Nc2nc(-c3ccccc3)c(C)s2)ccc1OC(=O)c1ccccc1C. The number of carbonyl (C=O) groups excluding carboxylic acids is 1. The summed E-state index contributed by atoms with van der Waals surface area (Å²) >= 11 is 1.54. The van der Waals surface area contributed by atoms with Crippen molar-refractivity contribution in [2.24, 2.45) is 5.10 Å². The van der Waals surface area contributed by atoms with E-state index in [1.54, 1.807) is 47.9 Å². The quantitative estimate of drug-likeness (QED) is 0.157. The van der Waals surface area contributed by atoms with E-state index in [2.05, 4.69) is 15.5 Å². The number of benzene rings is 3. The summed E-state index contributed by atoms with van der Waals surface area (Å²) in [6.07, 6.45) is 1.66. The summed E-state index contributed by atoms with van der Waals surface area (Å²) < 4.78 is 11.0. The normalized spacial score (nSPS) is 10.9. The lowest BCUT2D eigenvalue weighted by Gasteiger charge is -2.11. The van der Waals surface area contributed by atoms with Gasteiger partial charge in [0.1, 0.15) is 0 Å². The Kier molecular flexibility index (Phi) is 6.80. The van der Waals surface area contributed by atoms with Crippen molar-refractivity contribution in [3.8, 4) is 22.8 Å². The van der Waals surface area contributed by atoms with Crippen molar-refractivity contribution in [3.05, 3.63) is 94.4 Å². The maximum atomic E-state index is 12.5. The van der Waals surface area contributed by atoms with Crippen LogP contribution in [0.4, 0.5) is 5.13 Å². The third kappa shape index (κ3) is 5.27. The molecule has 0 atom stereocenters. The van der Waals surface area contributed by atoms with Crippen LogP contribution in [0.3, 0.4) is 0 Å². The third-order valence-corrected chi connectivity index (χ3v) is 5.85. The van der Waals surface area contributed by atoms with Crippen LogP contribution >= 0.6 is 11.3 Å². The molecule has 1 heterocycles. The van der Waals surface area contributed by atoms with Crippen LogP contribution in [-0.4, -0.2) is 24.3 Å². The van der Waals surface area contributed by atoms with Gasteiger partial charge in [0.05, 0.1) is 24.6 Å². The fourth-order valence-electron chi connectivity index (χ4n) is 3.28. The molecule has 0 unspecified atom stereocenters. The standard InChI is InChI=1S/C26H23N3O3S/c1-17-9-7-8-12-21(17)25(30)32-22-14-13-19(15-23(22)31-3)16-27-29-26-28-24(18(2)33-26)20-10-5-4-6-11-20/h4-16H,1-3H3,(H,28,29)/b27-16-. The highest BCUT2D eigenvalue weighted by atomic mass is 32.1. The lowest BCUT2D eigenvalue weighted by atomic mass is 10.1. The van der Waals surface area contributed by atoms with Crippen LogP contribution in [0.15, 0.2) is 77.9 Å². The van der Waals surface area contributed by atoms with E-state index in [9.17, 15) is 4.79 Å². The zero-order valence-electron chi connectivity index (χ0n) is 18.5. The molecule has 4 rings (SSSR count). The lowest BCUT2D eigenvalue weighted by Crippen LogP contribution is -2.10. The Labute approximate surface area is 196 Å². The second kappa shape index (κ2) is 10.1. The topological polar surface area (TPSA) is 72.8 Å². The molecule has 166 valence electrons. The molecule has 0 fully saturated rings. The van der Waals surface area contributed by atoms with Crippen molar-refractivity contribution < 1.29 is 14.3 Å². The summed E-state index contributed by atoms with van der Waals surface area (Å²) in [4.78, 5) is 18.3. The zero-order chi connectivity index (χ0) is 23.2. The first kappa shape index (κ1) is 22.2. The van der Waals surface area contributed by atoms with E-state index in [1.807, 2.05) is 56.3 Å². The predicted octanol–water partition coefficient (Wildman–Crippen LogP) is 6.10. The highest BCUT2D eigenvalue weighted by Crippen LogP contribution is 2.31. The Balaban J connectivity index is 1.45. The molecule has 1 aromatic heterocycles. The minimum absolute atomic E-state index is 0.346. The molecule has 0 amide bonds. The molecule has 0 bridgehead atoms. The van der Waals surface area contributed by atoms with Gasteiger partial charge in [0.2, 0.25) is 5.13 Å². The summed E-state index contributed by atoms with van der Waals surface area (Å²) in [5.74, 6) is 0.360. The van der Waals surface area contributed by atoms with Gasteiger partial charge in [0.15, 0.2) is 11.5 Å². The van der Waals surface area contributed by atoms with Gasteiger partial charge in [-0.15, -0.1) is 11.3 Å². The van der Waals surface area contributed by atoms with Gasteiger partial charge in [-0.05, 0) is 49.2 Å². The van der Waals surface area contributed by atoms with E-state index in [-0.39, 0.29) is 0 Å². The van der Waals surface area contributed by atoms with E-state index in [4.69, 9.17) is 9.47 Å².